The second-order valence-electron chi connectivity index (χ2n) is 9.12. The van der Waals surface area contributed by atoms with Gasteiger partial charge in [0.05, 0.1) is 11.3 Å². The summed E-state index contributed by atoms with van der Waals surface area (Å²) in [5, 5.41) is 11.7. The monoisotopic (exact) mass is 464 g/mol. The van der Waals surface area contributed by atoms with Gasteiger partial charge in [-0.2, -0.15) is 10.1 Å². The van der Waals surface area contributed by atoms with E-state index < -0.39 is 0 Å². The van der Waals surface area contributed by atoms with Crippen LogP contribution in [0.1, 0.15) is 37.0 Å². The first-order valence-corrected chi connectivity index (χ1v) is 11.2. The Hall–Kier alpha value is -4.59. The maximum atomic E-state index is 13.3. The summed E-state index contributed by atoms with van der Waals surface area (Å²) < 4.78 is 7.08. The number of carbonyl (C=O) groups excluding carboxylic acids is 1. The largest absolute Gasteiger partial charge is 0.338 e. The van der Waals surface area contributed by atoms with E-state index in [9.17, 15) is 4.79 Å². The summed E-state index contributed by atoms with van der Waals surface area (Å²) in [6.45, 7) is 6.05. The molecule has 2 aromatic carbocycles. The van der Waals surface area contributed by atoms with Gasteiger partial charge in [-0.15, -0.1) is 0 Å². The van der Waals surface area contributed by atoms with Crippen LogP contribution in [0, 0.1) is 0 Å². The van der Waals surface area contributed by atoms with Gasteiger partial charge in [0.2, 0.25) is 11.7 Å². The van der Waals surface area contributed by atoms with Gasteiger partial charge < -0.3 is 9.84 Å². The summed E-state index contributed by atoms with van der Waals surface area (Å²) in [4.78, 5) is 22.0. The maximum absolute atomic E-state index is 13.3. The van der Waals surface area contributed by atoms with E-state index in [0.717, 1.165) is 16.8 Å². The molecule has 8 nitrogen and oxygen atoms in total. The molecule has 3 heterocycles. The average Bonchev–Trinajstić information content (AvgIpc) is 3.54. The second-order valence-corrected chi connectivity index (χ2v) is 9.12. The number of anilines is 1. The molecule has 35 heavy (non-hydrogen) atoms. The van der Waals surface area contributed by atoms with Crippen LogP contribution in [-0.2, 0) is 5.41 Å². The molecule has 0 aliphatic rings. The zero-order valence-corrected chi connectivity index (χ0v) is 19.6. The molecule has 0 unspecified atom stereocenters. The van der Waals surface area contributed by atoms with Crippen LogP contribution in [0.4, 0.5) is 5.69 Å². The van der Waals surface area contributed by atoms with Crippen molar-refractivity contribution >= 4 is 11.6 Å². The van der Waals surface area contributed by atoms with Crippen molar-refractivity contribution in [3.05, 3.63) is 96.8 Å². The average molecular weight is 465 g/mol. The van der Waals surface area contributed by atoms with Gasteiger partial charge in [-0.3, -0.25) is 9.78 Å². The number of pyridine rings is 1. The highest BCUT2D eigenvalue weighted by Crippen LogP contribution is 2.26. The molecule has 174 valence electrons. The highest BCUT2D eigenvalue weighted by molar-refractivity contribution is 6.08. The Labute approximate surface area is 202 Å². The number of hydrogen-bond donors (Lipinski definition) is 1. The Kier molecular flexibility index (Phi) is 5.70. The Morgan fingerprint density at radius 3 is 2.37 bits per heavy atom. The molecular weight excluding hydrogens is 440 g/mol. The van der Waals surface area contributed by atoms with E-state index in [1.165, 1.54) is 0 Å². The van der Waals surface area contributed by atoms with Gasteiger partial charge >= 0.3 is 0 Å². The first-order valence-electron chi connectivity index (χ1n) is 11.2. The van der Waals surface area contributed by atoms with Crippen molar-refractivity contribution in [3.8, 4) is 28.3 Å². The number of hydrogen-bond acceptors (Lipinski definition) is 6. The molecule has 0 radical (unpaired) electrons. The van der Waals surface area contributed by atoms with E-state index in [0.29, 0.717) is 28.7 Å². The summed E-state index contributed by atoms with van der Waals surface area (Å²) in [5.74, 6) is 0.812. The van der Waals surface area contributed by atoms with Crippen molar-refractivity contribution in [2.24, 2.45) is 0 Å². The molecule has 0 bridgehead atoms. The molecule has 0 saturated carbocycles. The fraction of sp³-hybridized carbons (Fsp3) is 0.148. The minimum atomic E-state index is -0.270. The fourth-order valence-corrected chi connectivity index (χ4v) is 3.52. The van der Waals surface area contributed by atoms with Crippen molar-refractivity contribution in [3.63, 3.8) is 0 Å². The van der Waals surface area contributed by atoms with Gasteiger partial charge in [0, 0.05) is 40.8 Å². The molecule has 0 aliphatic carbocycles. The maximum Gasteiger partial charge on any atom is 0.259 e. The Morgan fingerprint density at radius 2 is 1.71 bits per heavy atom. The quantitative estimate of drug-likeness (QED) is 0.367. The van der Waals surface area contributed by atoms with E-state index >= 15 is 0 Å². The van der Waals surface area contributed by atoms with Crippen LogP contribution < -0.4 is 5.32 Å². The lowest BCUT2D eigenvalue weighted by Gasteiger charge is -2.10. The number of aromatic nitrogens is 5. The predicted molar refractivity (Wildman–Crippen MR) is 133 cm³/mol. The minimum absolute atomic E-state index is 0.227. The highest BCUT2D eigenvalue weighted by Gasteiger charge is 2.22. The Balaban J connectivity index is 1.41. The number of carbonyl (C=O) groups is 1. The van der Waals surface area contributed by atoms with Crippen LogP contribution in [0.25, 0.3) is 28.3 Å². The van der Waals surface area contributed by atoms with Crippen molar-refractivity contribution in [1.82, 2.24) is 24.9 Å². The Bertz CT molecular complexity index is 1450. The van der Waals surface area contributed by atoms with Gasteiger partial charge in [-0.05, 0) is 48.5 Å². The van der Waals surface area contributed by atoms with Crippen molar-refractivity contribution in [2.75, 3.05) is 5.32 Å². The molecule has 5 rings (SSSR count). The molecule has 1 N–H and O–H groups in total. The topological polar surface area (TPSA) is 98.7 Å². The van der Waals surface area contributed by atoms with E-state index in [4.69, 9.17) is 4.52 Å². The molecular formula is C27H24N6O2. The number of rotatable bonds is 5. The molecule has 0 atom stereocenters. The van der Waals surface area contributed by atoms with Crippen molar-refractivity contribution in [2.45, 2.75) is 26.2 Å². The lowest BCUT2D eigenvalue weighted by Crippen LogP contribution is -2.12. The van der Waals surface area contributed by atoms with E-state index in [2.05, 4.69) is 25.5 Å². The van der Waals surface area contributed by atoms with Gasteiger partial charge in [0.1, 0.15) is 5.69 Å². The number of nitrogens with zero attached hydrogens (tertiary/aromatic N) is 5. The van der Waals surface area contributed by atoms with Crippen molar-refractivity contribution < 1.29 is 9.32 Å². The van der Waals surface area contributed by atoms with Crippen LogP contribution in [-0.4, -0.2) is 30.8 Å². The minimum Gasteiger partial charge on any atom is -0.338 e. The molecule has 3 aromatic heterocycles. The third-order valence-corrected chi connectivity index (χ3v) is 5.38. The van der Waals surface area contributed by atoms with E-state index in [1.807, 2.05) is 87.5 Å². The first-order chi connectivity index (χ1) is 16.9. The third-order valence-electron chi connectivity index (χ3n) is 5.38. The summed E-state index contributed by atoms with van der Waals surface area (Å²) in [7, 11) is 0. The van der Waals surface area contributed by atoms with Crippen LogP contribution >= 0.6 is 0 Å². The first kappa shape index (κ1) is 22.2. The van der Waals surface area contributed by atoms with Crippen LogP contribution in [0.15, 0.2) is 89.8 Å². The normalized spacial score (nSPS) is 11.4. The van der Waals surface area contributed by atoms with E-state index in [-0.39, 0.29) is 11.3 Å². The highest BCUT2D eigenvalue weighted by atomic mass is 16.5. The van der Waals surface area contributed by atoms with Gasteiger partial charge in [0.15, 0.2) is 0 Å². The SMILES string of the molecule is CC(C)(C)c1nc(-c2ccc(NC(=O)c3cn(-c4ccccc4)nc3-c3cccnc3)cc2)no1. The number of para-hydroxylation sites is 1. The molecule has 0 saturated heterocycles. The third kappa shape index (κ3) is 4.72. The molecule has 8 heteroatoms. The van der Waals surface area contributed by atoms with Crippen LogP contribution in [0.5, 0.6) is 0 Å². The molecule has 0 aliphatic heterocycles. The van der Waals surface area contributed by atoms with Gasteiger partial charge in [0.25, 0.3) is 5.91 Å². The van der Waals surface area contributed by atoms with Gasteiger partial charge in [-0.1, -0.05) is 44.1 Å². The molecule has 5 aromatic rings. The summed E-state index contributed by atoms with van der Waals surface area (Å²) in [6.07, 6.45) is 5.11. The Morgan fingerprint density at radius 1 is 0.943 bits per heavy atom. The van der Waals surface area contributed by atoms with Gasteiger partial charge in [-0.25, -0.2) is 4.68 Å². The smallest absolute Gasteiger partial charge is 0.259 e. The second kappa shape index (κ2) is 8.98. The summed E-state index contributed by atoms with van der Waals surface area (Å²) >= 11 is 0. The summed E-state index contributed by atoms with van der Waals surface area (Å²) in [5.41, 5.74) is 3.83. The molecule has 0 spiro atoms. The lowest BCUT2D eigenvalue weighted by molar-refractivity contribution is 0.102. The van der Waals surface area contributed by atoms with E-state index in [1.54, 1.807) is 23.3 Å². The molecule has 0 fully saturated rings. The lowest BCUT2D eigenvalue weighted by atomic mass is 9.97. The zero-order valence-electron chi connectivity index (χ0n) is 19.6. The van der Waals surface area contributed by atoms with Crippen LogP contribution in [0.2, 0.25) is 0 Å². The number of benzene rings is 2. The van der Waals surface area contributed by atoms with Crippen LogP contribution in [0.3, 0.4) is 0 Å². The standard InChI is InChI=1S/C27H24N6O2/c1-27(2,3)26-30-24(32-35-26)18-11-13-20(14-12-18)29-25(34)22-17-33(21-9-5-4-6-10-21)31-23(22)19-8-7-15-28-16-19/h4-17H,1-3H3,(H,29,34). The summed E-state index contributed by atoms with van der Waals surface area (Å²) in [6, 6.07) is 20.7. The molecule has 1 amide bonds. The number of nitrogens with one attached hydrogen (secondary N) is 1. The predicted octanol–water partition coefficient (Wildman–Crippen LogP) is 5.53. The van der Waals surface area contributed by atoms with Crippen molar-refractivity contribution in [1.29, 1.82) is 0 Å². The fourth-order valence-electron chi connectivity index (χ4n) is 3.52. The zero-order chi connectivity index (χ0) is 24.4. The number of amides is 1.